The monoisotopic (exact) mass is 302 g/mol. The fraction of sp³-hybridized carbons (Fsp3) is 0.150. The lowest BCUT2D eigenvalue weighted by atomic mass is 10.0. The van der Waals surface area contributed by atoms with Crippen molar-refractivity contribution in [1.82, 2.24) is 4.98 Å². The number of nitrogens with zero attached hydrogens (tertiary/aromatic N) is 2. The average Bonchev–Trinajstić information content (AvgIpc) is 2.62. The topological polar surface area (TPSA) is 25.4 Å². The Bertz CT molecular complexity index is 830. The van der Waals surface area contributed by atoms with E-state index in [2.05, 4.69) is 35.0 Å². The second-order valence-corrected chi connectivity index (χ2v) is 5.59. The maximum absolute atomic E-state index is 6.15. The van der Waals surface area contributed by atoms with E-state index in [0.29, 0.717) is 0 Å². The number of benzene rings is 2. The zero-order valence-corrected chi connectivity index (χ0v) is 13.1. The van der Waals surface area contributed by atoms with Crippen LogP contribution in [0, 0.1) is 0 Å². The number of pyridine rings is 1. The van der Waals surface area contributed by atoms with Crippen LogP contribution in [0.15, 0.2) is 66.9 Å². The minimum absolute atomic E-state index is 0.889. The highest BCUT2D eigenvalue weighted by Crippen LogP contribution is 2.50. The number of para-hydroxylation sites is 3. The molecule has 0 bridgehead atoms. The summed E-state index contributed by atoms with van der Waals surface area (Å²) in [6.07, 6.45) is 2.89. The number of fused-ring (bicyclic) bond motifs is 2. The van der Waals surface area contributed by atoms with Crippen LogP contribution in [0.25, 0.3) is 11.3 Å². The van der Waals surface area contributed by atoms with Gasteiger partial charge in [-0.1, -0.05) is 37.3 Å². The molecule has 0 atom stereocenters. The molecule has 0 N–H and O–H groups in total. The number of ether oxygens (including phenoxy) is 1. The van der Waals surface area contributed by atoms with E-state index >= 15 is 0 Å². The van der Waals surface area contributed by atoms with Gasteiger partial charge in [0.25, 0.3) is 0 Å². The standard InChI is InChI=1S/C20H18N2O/c1-2-14-22-17-10-3-4-11-18(17)23-19-12-7-8-15(20(19)22)16-9-5-6-13-21-16/h3-13H,2,14H2,1H3. The van der Waals surface area contributed by atoms with Crippen molar-refractivity contribution in [3.8, 4) is 22.8 Å². The van der Waals surface area contributed by atoms with Crippen LogP contribution in [0.4, 0.5) is 11.4 Å². The third-order valence-corrected chi connectivity index (χ3v) is 4.03. The van der Waals surface area contributed by atoms with Gasteiger partial charge in [-0.2, -0.15) is 0 Å². The molecule has 0 saturated carbocycles. The van der Waals surface area contributed by atoms with Crippen molar-refractivity contribution < 1.29 is 4.74 Å². The summed E-state index contributed by atoms with van der Waals surface area (Å²) >= 11 is 0. The smallest absolute Gasteiger partial charge is 0.151 e. The second kappa shape index (κ2) is 5.76. The van der Waals surface area contributed by atoms with Gasteiger partial charge in [0.1, 0.15) is 0 Å². The highest BCUT2D eigenvalue weighted by atomic mass is 16.5. The fourth-order valence-electron chi connectivity index (χ4n) is 3.07. The summed E-state index contributed by atoms with van der Waals surface area (Å²) in [7, 11) is 0. The molecular formula is C20H18N2O. The molecule has 2 heterocycles. The van der Waals surface area contributed by atoms with Crippen molar-refractivity contribution in [2.24, 2.45) is 0 Å². The van der Waals surface area contributed by atoms with Gasteiger partial charge >= 0.3 is 0 Å². The van der Waals surface area contributed by atoms with E-state index in [0.717, 1.165) is 47.1 Å². The van der Waals surface area contributed by atoms with E-state index in [-0.39, 0.29) is 0 Å². The van der Waals surface area contributed by atoms with E-state index in [1.165, 1.54) is 0 Å². The summed E-state index contributed by atoms with van der Waals surface area (Å²) in [5.74, 6) is 1.80. The van der Waals surface area contributed by atoms with Gasteiger partial charge in [-0.3, -0.25) is 4.98 Å². The van der Waals surface area contributed by atoms with Crippen LogP contribution in [0.3, 0.4) is 0 Å². The lowest BCUT2D eigenvalue weighted by Crippen LogP contribution is -2.22. The lowest BCUT2D eigenvalue weighted by Gasteiger charge is -2.34. The van der Waals surface area contributed by atoms with Crippen LogP contribution in [0.2, 0.25) is 0 Å². The van der Waals surface area contributed by atoms with Crippen molar-refractivity contribution in [2.75, 3.05) is 11.4 Å². The fourth-order valence-corrected chi connectivity index (χ4v) is 3.07. The van der Waals surface area contributed by atoms with Gasteiger partial charge in [0.15, 0.2) is 11.5 Å². The molecule has 2 aromatic carbocycles. The first-order valence-electron chi connectivity index (χ1n) is 7.97. The maximum Gasteiger partial charge on any atom is 0.151 e. The molecule has 0 fully saturated rings. The molecule has 0 radical (unpaired) electrons. The summed E-state index contributed by atoms with van der Waals surface area (Å²) in [5, 5.41) is 0. The Morgan fingerprint density at radius 1 is 0.913 bits per heavy atom. The molecule has 1 aromatic heterocycles. The van der Waals surface area contributed by atoms with Gasteiger partial charge in [-0.25, -0.2) is 0 Å². The van der Waals surface area contributed by atoms with Crippen molar-refractivity contribution in [3.63, 3.8) is 0 Å². The van der Waals surface area contributed by atoms with Gasteiger partial charge in [0, 0.05) is 18.3 Å². The largest absolute Gasteiger partial charge is 0.453 e. The van der Waals surface area contributed by atoms with Crippen molar-refractivity contribution >= 4 is 11.4 Å². The van der Waals surface area contributed by atoms with E-state index in [9.17, 15) is 0 Å². The molecule has 23 heavy (non-hydrogen) atoms. The van der Waals surface area contributed by atoms with Crippen LogP contribution in [-0.2, 0) is 0 Å². The van der Waals surface area contributed by atoms with E-state index in [4.69, 9.17) is 4.74 Å². The van der Waals surface area contributed by atoms with Crippen LogP contribution in [0.5, 0.6) is 11.5 Å². The van der Waals surface area contributed by atoms with Crippen molar-refractivity contribution in [3.05, 3.63) is 66.9 Å². The first-order valence-corrected chi connectivity index (χ1v) is 7.97. The molecule has 3 nitrogen and oxygen atoms in total. The molecular weight excluding hydrogens is 284 g/mol. The van der Waals surface area contributed by atoms with Crippen LogP contribution < -0.4 is 9.64 Å². The molecule has 1 aliphatic rings. The zero-order chi connectivity index (χ0) is 15.6. The molecule has 0 saturated heterocycles. The Kier molecular flexibility index (Phi) is 3.46. The Balaban J connectivity index is 1.93. The highest BCUT2D eigenvalue weighted by molar-refractivity contribution is 5.89. The minimum Gasteiger partial charge on any atom is -0.453 e. The van der Waals surface area contributed by atoms with Crippen LogP contribution in [0.1, 0.15) is 13.3 Å². The Hall–Kier alpha value is -2.81. The number of aromatic nitrogens is 1. The van der Waals surface area contributed by atoms with Gasteiger partial charge in [-0.05, 0) is 36.8 Å². The molecule has 114 valence electrons. The minimum atomic E-state index is 0.889. The summed E-state index contributed by atoms with van der Waals surface area (Å²) in [5.41, 5.74) is 4.29. The summed E-state index contributed by atoms with van der Waals surface area (Å²) < 4.78 is 6.15. The molecule has 0 unspecified atom stereocenters. The summed E-state index contributed by atoms with van der Waals surface area (Å²) in [6.45, 7) is 3.14. The summed E-state index contributed by atoms with van der Waals surface area (Å²) in [4.78, 5) is 6.87. The molecule has 3 heteroatoms. The molecule has 3 aromatic rings. The quantitative estimate of drug-likeness (QED) is 0.647. The third kappa shape index (κ3) is 2.34. The Labute approximate surface area is 136 Å². The normalized spacial score (nSPS) is 12.3. The van der Waals surface area contributed by atoms with Crippen molar-refractivity contribution in [1.29, 1.82) is 0 Å². The molecule has 1 aliphatic heterocycles. The summed E-state index contributed by atoms with van der Waals surface area (Å²) in [6, 6.07) is 20.4. The van der Waals surface area contributed by atoms with Gasteiger partial charge in [-0.15, -0.1) is 0 Å². The lowest BCUT2D eigenvalue weighted by molar-refractivity contribution is 0.473. The number of hydrogen-bond acceptors (Lipinski definition) is 3. The predicted octanol–water partition coefficient (Wildman–Crippen LogP) is 5.40. The first-order chi connectivity index (χ1) is 11.4. The highest BCUT2D eigenvalue weighted by Gasteiger charge is 2.26. The SMILES string of the molecule is CCCN1c2ccccc2Oc2cccc(-c3ccccn3)c21. The Morgan fingerprint density at radius 2 is 1.74 bits per heavy atom. The number of anilines is 2. The predicted molar refractivity (Wildman–Crippen MR) is 93.5 cm³/mol. The van der Waals surface area contributed by atoms with Gasteiger partial charge in [0.2, 0.25) is 0 Å². The van der Waals surface area contributed by atoms with Gasteiger partial charge in [0.05, 0.1) is 17.1 Å². The van der Waals surface area contributed by atoms with Crippen molar-refractivity contribution in [2.45, 2.75) is 13.3 Å². The molecule has 0 aliphatic carbocycles. The molecule has 4 rings (SSSR count). The molecule has 0 amide bonds. The van der Waals surface area contributed by atoms with E-state index in [1.54, 1.807) is 0 Å². The van der Waals surface area contributed by atoms with Gasteiger partial charge < -0.3 is 9.64 Å². The van der Waals surface area contributed by atoms with Crippen LogP contribution in [-0.4, -0.2) is 11.5 Å². The number of hydrogen-bond donors (Lipinski definition) is 0. The average molecular weight is 302 g/mol. The maximum atomic E-state index is 6.15. The second-order valence-electron chi connectivity index (χ2n) is 5.59. The molecule has 0 spiro atoms. The van der Waals surface area contributed by atoms with Crippen LogP contribution >= 0.6 is 0 Å². The Morgan fingerprint density at radius 3 is 2.57 bits per heavy atom. The van der Waals surface area contributed by atoms with E-state index < -0.39 is 0 Å². The number of rotatable bonds is 3. The zero-order valence-electron chi connectivity index (χ0n) is 13.1. The van der Waals surface area contributed by atoms with E-state index in [1.807, 2.05) is 48.7 Å². The third-order valence-electron chi connectivity index (χ3n) is 4.03. The first kappa shape index (κ1) is 13.8.